The van der Waals surface area contributed by atoms with E-state index < -0.39 is 42.8 Å². The summed E-state index contributed by atoms with van der Waals surface area (Å²) in [6, 6.07) is 9.14. The summed E-state index contributed by atoms with van der Waals surface area (Å²) >= 11 is 0. The molecular weight excluding hydrogens is 316 g/mol. The van der Waals surface area contributed by atoms with E-state index in [1.54, 1.807) is 12.1 Å². The zero-order chi connectivity index (χ0) is 17.1. The molecule has 132 valence electrons. The number of ether oxygens (including phenoxy) is 4. The first-order valence-corrected chi connectivity index (χ1v) is 8.00. The molecule has 0 spiro atoms. The van der Waals surface area contributed by atoms with Crippen molar-refractivity contribution in [2.24, 2.45) is 0 Å². The van der Waals surface area contributed by atoms with Crippen molar-refractivity contribution in [1.82, 2.24) is 0 Å². The third-order valence-corrected chi connectivity index (χ3v) is 4.35. The van der Waals surface area contributed by atoms with Gasteiger partial charge in [0.25, 0.3) is 0 Å². The maximum absolute atomic E-state index is 12.1. The number of aliphatic hydroxyl groups excluding tert-OH is 2. The highest BCUT2D eigenvalue weighted by atomic mass is 16.7. The number of benzene rings is 1. The van der Waals surface area contributed by atoms with Gasteiger partial charge in [0, 0.05) is 13.5 Å². The van der Waals surface area contributed by atoms with Crippen LogP contribution in [0.15, 0.2) is 30.3 Å². The van der Waals surface area contributed by atoms with E-state index in [9.17, 15) is 15.0 Å². The van der Waals surface area contributed by atoms with Crippen LogP contribution in [0.1, 0.15) is 24.5 Å². The highest BCUT2D eigenvalue weighted by Crippen LogP contribution is 2.33. The summed E-state index contributed by atoms with van der Waals surface area (Å²) in [5.74, 6) is -0.466. The molecule has 0 saturated carbocycles. The van der Waals surface area contributed by atoms with Crippen LogP contribution in [0.25, 0.3) is 0 Å². The summed E-state index contributed by atoms with van der Waals surface area (Å²) in [4.78, 5) is 12.1. The topological polar surface area (TPSA) is 94.5 Å². The van der Waals surface area contributed by atoms with E-state index in [-0.39, 0.29) is 19.4 Å². The second-order valence-electron chi connectivity index (χ2n) is 5.99. The lowest BCUT2D eigenvalue weighted by Crippen LogP contribution is -2.37. The molecule has 2 N–H and O–H groups in total. The molecule has 7 nitrogen and oxygen atoms in total. The van der Waals surface area contributed by atoms with Crippen molar-refractivity contribution in [2.75, 3.05) is 13.7 Å². The molecule has 2 aliphatic heterocycles. The van der Waals surface area contributed by atoms with Crippen LogP contribution >= 0.6 is 0 Å². The molecule has 2 aliphatic rings. The van der Waals surface area contributed by atoms with Gasteiger partial charge in [0.15, 0.2) is 12.4 Å². The molecule has 6 atom stereocenters. The van der Waals surface area contributed by atoms with Crippen LogP contribution in [-0.2, 0) is 23.7 Å². The number of rotatable bonds is 6. The van der Waals surface area contributed by atoms with E-state index >= 15 is 0 Å². The van der Waals surface area contributed by atoms with Gasteiger partial charge in [0.05, 0.1) is 12.7 Å². The van der Waals surface area contributed by atoms with E-state index in [1.807, 2.05) is 18.2 Å². The number of fused-ring (bicyclic) bond motifs is 1. The minimum Gasteiger partial charge on any atom is -0.454 e. The van der Waals surface area contributed by atoms with E-state index in [0.29, 0.717) is 0 Å². The van der Waals surface area contributed by atoms with Crippen molar-refractivity contribution in [3.63, 3.8) is 0 Å². The molecule has 2 fully saturated rings. The molecule has 7 heteroatoms. The first-order chi connectivity index (χ1) is 11.6. The zero-order valence-corrected chi connectivity index (χ0v) is 13.4. The summed E-state index contributed by atoms with van der Waals surface area (Å²) in [7, 11) is 1.44. The minimum absolute atomic E-state index is 0.0585. The molecule has 1 aromatic carbocycles. The quantitative estimate of drug-likeness (QED) is 0.731. The average molecular weight is 338 g/mol. The number of esters is 1. The molecule has 2 saturated heterocycles. The van der Waals surface area contributed by atoms with Crippen molar-refractivity contribution in [1.29, 1.82) is 0 Å². The van der Waals surface area contributed by atoms with Crippen LogP contribution in [0, 0.1) is 0 Å². The summed E-state index contributed by atoms with van der Waals surface area (Å²) in [5.41, 5.74) is 0.756. The second-order valence-corrected chi connectivity index (χ2v) is 5.99. The van der Waals surface area contributed by atoms with Gasteiger partial charge < -0.3 is 29.2 Å². The van der Waals surface area contributed by atoms with Gasteiger partial charge in [0.1, 0.15) is 18.3 Å². The Morgan fingerprint density at radius 2 is 2.08 bits per heavy atom. The third kappa shape index (κ3) is 3.60. The van der Waals surface area contributed by atoms with Gasteiger partial charge in [-0.25, -0.2) is 0 Å². The van der Waals surface area contributed by atoms with E-state index in [2.05, 4.69) is 0 Å². The van der Waals surface area contributed by atoms with Gasteiger partial charge in [0.2, 0.25) is 0 Å². The van der Waals surface area contributed by atoms with Crippen LogP contribution < -0.4 is 0 Å². The average Bonchev–Trinajstić information content (AvgIpc) is 3.13. The molecular formula is C17H22O7. The summed E-state index contributed by atoms with van der Waals surface area (Å²) in [6.07, 6.45) is -3.74. The molecule has 24 heavy (non-hydrogen) atoms. The Balaban J connectivity index is 1.52. The lowest BCUT2D eigenvalue weighted by molar-refractivity contribution is -0.189. The monoisotopic (exact) mass is 338 g/mol. The van der Waals surface area contributed by atoms with Crippen LogP contribution in [0.3, 0.4) is 0 Å². The molecule has 0 amide bonds. The number of hydrogen-bond donors (Lipinski definition) is 2. The first-order valence-electron chi connectivity index (χ1n) is 8.00. The minimum atomic E-state index is -0.766. The Kier molecular flexibility index (Phi) is 5.47. The van der Waals surface area contributed by atoms with Crippen molar-refractivity contribution in [3.05, 3.63) is 35.9 Å². The first kappa shape index (κ1) is 17.3. The number of hydrogen-bond acceptors (Lipinski definition) is 7. The molecule has 3 rings (SSSR count). The van der Waals surface area contributed by atoms with E-state index in [4.69, 9.17) is 18.9 Å². The second kappa shape index (κ2) is 7.58. The number of methoxy groups -OCH3 is 1. The maximum atomic E-state index is 12.1. The number of aliphatic hydroxyl groups is 2. The zero-order valence-electron chi connectivity index (χ0n) is 13.4. The molecule has 0 bridgehead atoms. The SMILES string of the molecule is CO[C@H]1O[C@H]2[C@H](OC[C@H]2O)[C@H]1OC(=O)CCC(O)c1ccccc1. The fourth-order valence-electron chi connectivity index (χ4n) is 3.07. The van der Waals surface area contributed by atoms with Crippen LogP contribution in [0.2, 0.25) is 0 Å². The highest BCUT2D eigenvalue weighted by Gasteiger charge is 2.54. The third-order valence-electron chi connectivity index (χ3n) is 4.35. The maximum Gasteiger partial charge on any atom is 0.306 e. The lowest BCUT2D eigenvalue weighted by Gasteiger charge is -2.21. The van der Waals surface area contributed by atoms with Gasteiger partial charge in [-0.2, -0.15) is 0 Å². The Bertz CT molecular complexity index is 549. The Morgan fingerprint density at radius 1 is 1.33 bits per heavy atom. The summed E-state index contributed by atoms with van der Waals surface area (Å²) < 4.78 is 21.6. The molecule has 0 aliphatic carbocycles. The lowest BCUT2D eigenvalue weighted by atomic mass is 10.1. The largest absolute Gasteiger partial charge is 0.454 e. The fraction of sp³-hybridized carbons (Fsp3) is 0.588. The number of carbonyl (C=O) groups is 1. The highest BCUT2D eigenvalue weighted by molar-refractivity contribution is 5.69. The van der Waals surface area contributed by atoms with Gasteiger partial charge in [-0.05, 0) is 12.0 Å². The summed E-state index contributed by atoms with van der Waals surface area (Å²) in [6.45, 7) is 0.145. The van der Waals surface area contributed by atoms with Gasteiger partial charge in [-0.3, -0.25) is 4.79 Å². The predicted molar refractivity (Wildman–Crippen MR) is 81.9 cm³/mol. The predicted octanol–water partition coefficient (Wildman–Crippen LogP) is 0.543. The van der Waals surface area contributed by atoms with Gasteiger partial charge >= 0.3 is 5.97 Å². The van der Waals surface area contributed by atoms with Gasteiger partial charge in [-0.1, -0.05) is 30.3 Å². The van der Waals surface area contributed by atoms with Crippen molar-refractivity contribution in [3.8, 4) is 0 Å². The number of carbonyl (C=O) groups excluding carboxylic acids is 1. The molecule has 2 heterocycles. The summed E-state index contributed by atoms with van der Waals surface area (Å²) in [5, 5.41) is 19.9. The van der Waals surface area contributed by atoms with E-state index in [0.717, 1.165) is 5.56 Å². The Labute approximate surface area is 140 Å². The van der Waals surface area contributed by atoms with Crippen molar-refractivity contribution in [2.45, 2.75) is 49.7 Å². The van der Waals surface area contributed by atoms with Gasteiger partial charge in [-0.15, -0.1) is 0 Å². The van der Waals surface area contributed by atoms with Crippen LogP contribution in [-0.4, -0.2) is 60.6 Å². The molecule has 1 aromatic rings. The molecule has 0 radical (unpaired) electrons. The Morgan fingerprint density at radius 3 is 2.79 bits per heavy atom. The van der Waals surface area contributed by atoms with Crippen molar-refractivity contribution < 1.29 is 34.0 Å². The normalized spacial score (nSPS) is 33.2. The molecule has 0 aromatic heterocycles. The van der Waals surface area contributed by atoms with Crippen molar-refractivity contribution >= 4 is 5.97 Å². The Hall–Kier alpha value is -1.51. The standard InChI is InChI=1S/C17H22O7/c1-21-17-16(15-14(24-17)12(19)9-22-15)23-13(20)8-7-11(18)10-5-3-2-4-6-10/h2-6,11-12,14-19H,7-9H2,1H3/t11?,12-,14-,15+,16-,17+/m1/s1. The smallest absolute Gasteiger partial charge is 0.306 e. The fourth-order valence-corrected chi connectivity index (χ4v) is 3.07. The van der Waals surface area contributed by atoms with Crippen LogP contribution in [0.4, 0.5) is 0 Å². The van der Waals surface area contributed by atoms with E-state index in [1.165, 1.54) is 7.11 Å². The molecule has 1 unspecified atom stereocenters. The van der Waals surface area contributed by atoms with Crippen LogP contribution in [0.5, 0.6) is 0 Å².